The molecule has 0 radical (unpaired) electrons. The smallest absolute Gasteiger partial charge is 0.261 e. The summed E-state index contributed by atoms with van der Waals surface area (Å²) >= 11 is 16.7. The molecule has 0 aromatic heterocycles. The molecule has 0 aliphatic rings. The van der Waals surface area contributed by atoms with Gasteiger partial charge in [0.2, 0.25) is 0 Å². The summed E-state index contributed by atoms with van der Waals surface area (Å²) in [6.07, 6.45) is 0. The molecule has 0 atom stereocenters. The minimum Gasteiger partial charge on any atom is -0.389 e. The first kappa shape index (κ1) is 16.0. The van der Waals surface area contributed by atoms with Crippen LogP contribution in [-0.4, -0.2) is 13.4 Å². The van der Waals surface area contributed by atoms with Gasteiger partial charge in [0.25, 0.3) is 10.0 Å². The molecule has 0 heterocycles. The lowest BCUT2D eigenvalue weighted by atomic mass is 10.2. The Morgan fingerprint density at radius 2 is 1.76 bits per heavy atom. The van der Waals surface area contributed by atoms with Crippen LogP contribution in [0.1, 0.15) is 5.56 Å². The Balaban J connectivity index is 2.39. The van der Waals surface area contributed by atoms with Gasteiger partial charge in [-0.05, 0) is 30.3 Å². The van der Waals surface area contributed by atoms with Crippen molar-refractivity contribution in [3.8, 4) is 0 Å². The maximum Gasteiger partial charge on any atom is 0.261 e. The number of benzene rings is 2. The lowest BCUT2D eigenvalue weighted by molar-refractivity contribution is 0.601. The third kappa shape index (κ3) is 3.65. The molecule has 2 aromatic rings. The van der Waals surface area contributed by atoms with Crippen molar-refractivity contribution in [1.29, 1.82) is 0 Å². The third-order valence-electron chi connectivity index (χ3n) is 2.63. The Kier molecular flexibility index (Phi) is 4.73. The first-order valence-electron chi connectivity index (χ1n) is 5.68. The number of halogens is 2. The first-order valence-corrected chi connectivity index (χ1v) is 8.33. The van der Waals surface area contributed by atoms with E-state index in [1.807, 2.05) is 0 Å². The fourth-order valence-electron chi connectivity index (χ4n) is 1.61. The Hall–Kier alpha value is -1.34. The van der Waals surface area contributed by atoms with E-state index in [0.29, 0.717) is 10.6 Å². The molecule has 0 saturated carbocycles. The topological polar surface area (TPSA) is 72.2 Å². The van der Waals surface area contributed by atoms with Gasteiger partial charge < -0.3 is 5.73 Å². The molecular formula is C13H10Cl2N2O2S2. The molecular weight excluding hydrogens is 351 g/mol. The third-order valence-corrected chi connectivity index (χ3v) is 4.86. The zero-order chi connectivity index (χ0) is 15.6. The van der Waals surface area contributed by atoms with E-state index in [1.54, 1.807) is 24.3 Å². The van der Waals surface area contributed by atoms with Crippen LogP contribution in [0.25, 0.3) is 0 Å². The average Bonchev–Trinajstić information content (AvgIpc) is 2.40. The number of sulfonamides is 1. The predicted molar refractivity (Wildman–Crippen MR) is 89.6 cm³/mol. The molecule has 0 aliphatic carbocycles. The van der Waals surface area contributed by atoms with E-state index in [9.17, 15) is 8.42 Å². The van der Waals surface area contributed by atoms with E-state index in [2.05, 4.69) is 4.72 Å². The van der Waals surface area contributed by atoms with Crippen LogP contribution in [0.3, 0.4) is 0 Å². The summed E-state index contributed by atoms with van der Waals surface area (Å²) in [5.41, 5.74) is 6.19. The molecule has 0 bridgehead atoms. The van der Waals surface area contributed by atoms with Gasteiger partial charge in [-0.15, -0.1) is 0 Å². The predicted octanol–water partition coefficient (Wildman–Crippen LogP) is 3.43. The van der Waals surface area contributed by atoms with Crippen LogP contribution in [0, 0.1) is 0 Å². The zero-order valence-corrected chi connectivity index (χ0v) is 13.7. The van der Waals surface area contributed by atoms with Crippen LogP contribution in [0.15, 0.2) is 47.4 Å². The van der Waals surface area contributed by atoms with Crippen molar-refractivity contribution in [1.82, 2.24) is 0 Å². The van der Waals surface area contributed by atoms with Crippen molar-refractivity contribution in [2.24, 2.45) is 5.73 Å². The van der Waals surface area contributed by atoms with Crippen molar-refractivity contribution in [2.45, 2.75) is 4.90 Å². The van der Waals surface area contributed by atoms with Crippen LogP contribution in [-0.2, 0) is 10.0 Å². The number of nitrogens with two attached hydrogens (primary N) is 1. The van der Waals surface area contributed by atoms with Gasteiger partial charge in [0.15, 0.2) is 0 Å². The summed E-state index contributed by atoms with van der Waals surface area (Å²) in [6, 6.07) is 10.6. The summed E-state index contributed by atoms with van der Waals surface area (Å²) in [6.45, 7) is 0. The molecule has 21 heavy (non-hydrogen) atoms. The minimum atomic E-state index is -3.80. The molecule has 4 nitrogen and oxygen atoms in total. The Morgan fingerprint density at radius 1 is 1.10 bits per heavy atom. The Labute approximate surface area is 137 Å². The number of anilines is 1. The first-order chi connectivity index (χ1) is 9.81. The highest BCUT2D eigenvalue weighted by atomic mass is 35.5. The van der Waals surface area contributed by atoms with Gasteiger partial charge in [-0.2, -0.15) is 0 Å². The number of thiocarbonyl (C=S) groups is 1. The van der Waals surface area contributed by atoms with Gasteiger partial charge in [0, 0.05) is 5.56 Å². The number of hydrogen-bond acceptors (Lipinski definition) is 3. The number of nitrogens with one attached hydrogen (secondary N) is 1. The second kappa shape index (κ2) is 6.19. The highest BCUT2D eigenvalue weighted by Gasteiger charge is 2.17. The lowest BCUT2D eigenvalue weighted by Gasteiger charge is -2.10. The van der Waals surface area contributed by atoms with Crippen LogP contribution in [0.4, 0.5) is 5.69 Å². The Morgan fingerprint density at radius 3 is 2.33 bits per heavy atom. The van der Waals surface area contributed by atoms with Crippen molar-refractivity contribution < 1.29 is 8.42 Å². The molecule has 0 amide bonds. The summed E-state index contributed by atoms with van der Waals surface area (Å²) in [7, 11) is -3.80. The van der Waals surface area contributed by atoms with Crippen LogP contribution in [0.5, 0.6) is 0 Å². The fourth-order valence-corrected chi connectivity index (χ4v) is 3.54. The quantitative estimate of drug-likeness (QED) is 0.819. The monoisotopic (exact) mass is 360 g/mol. The highest BCUT2D eigenvalue weighted by Crippen LogP contribution is 2.26. The van der Waals surface area contributed by atoms with E-state index < -0.39 is 10.0 Å². The van der Waals surface area contributed by atoms with E-state index in [4.69, 9.17) is 41.2 Å². The van der Waals surface area contributed by atoms with Crippen molar-refractivity contribution in [2.75, 3.05) is 4.72 Å². The number of rotatable bonds is 4. The molecule has 8 heteroatoms. The molecule has 0 saturated heterocycles. The number of hydrogen-bond donors (Lipinski definition) is 2. The second-order valence-electron chi connectivity index (χ2n) is 4.09. The van der Waals surface area contributed by atoms with Gasteiger partial charge in [-0.25, -0.2) is 8.42 Å². The van der Waals surface area contributed by atoms with Gasteiger partial charge in [-0.3, -0.25) is 4.72 Å². The summed E-state index contributed by atoms with van der Waals surface area (Å²) < 4.78 is 27.0. The summed E-state index contributed by atoms with van der Waals surface area (Å²) in [5.74, 6) is 0. The van der Waals surface area contributed by atoms with Crippen molar-refractivity contribution in [3.63, 3.8) is 0 Å². The molecule has 0 aliphatic heterocycles. The maximum atomic E-state index is 12.3. The van der Waals surface area contributed by atoms with Gasteiger partial charge in [0.05, 0.1) is 20.6 Å². The number of para-hydroxylation sites is 1. The van der Waals surface area contributed by atoms with E-state index >= 15 is 0 Å². The normalized spacial score (nSPS) is 11.1. The van der Waals surface area contributed by atoms with Crippen LogP contribution in [0.2, 0.25) is 10.0 Å². The zero-order valence-electron chi connectivity index (χ0n) is 10.5. The minimum absolute atomic E-state index is 0.00702. The molecule has 0 spiro atoms. The molecule has 0 unspecified atom stereocenters. The molecule has 110 valence electrons. The Bertz CT molecular complexity index is 808. The molecule has 3 N–H and O–H groups in total. The van der Waals surface area contributed by atoms with Crippen molar-refractivity contribution >= 4 is 56.1 Å². The molecule has 0 fully saturated rings. The van der Waals surface area contributed by atoms with E-state index in [1.165, 1.54) is 18.2 Å². The van der Waals surface area contributed by atoms with Gasteiger partial charge in [0.1, 0.15) is 4.99 Å². The molecule has 2 aromatic carbocycles. The SMILES string of the molecule is NC(=S)c1ccc(S(=O)(=O)Nc2ccccc2Cl)cc1Cl. The van der Waals surface area contributed by atoms with Gasteiger partial charge >= 0.3 is 0 Å². The summed E-state index contributed by atoms with van der Waals surface area (Å²) in [4.78, 5) is 0.0930. The molecule has 2 rings (SSSR count). The average molecular weight is 361 g/mol. The fraction of sp³-hybridized carbons (Fsp3) is 0. The van der Waals surface area contributed by atoms with E-state index in [0.717, 1.165) is 0 Å². The maximum absolute atomic E-state index is 12.3. The van der Waals surface area contributed by atoms with Crippen LogP contribution < -0.4 is 10.5 Å². The lowest BCUT2D eigenvalue weighted by Crippen LogP contribution is -2.15. The van der Waals surface area contributed by atoms with Crippen molar-refractivity contribution in [3.05, 3.63) is 58.1 Å². The van der Waals surface area contributed by atoms with Crippen LogP contribution >= 0.6 is 35.4 Å². The van der Waals surface area contributed by atoms with Gasteiger partial charge in [-0.1, -0.05) is 47.6 Å². The van der Waals surface area contributed by atoms with E-state index in [-0.39, 0.29) is 20.6 Å². The standard InChI is InChI=1S/C13H10Cl2N2O2S2/c14-10-3-1-2-4-12(10)17-21(18,19)8-5-6-9(13(16)20)11(15)7-8/h1-7,17H,(H2,16,20). The summed E-state index contributed by atoms with van der Waals surface area (Å²) in [5, 5.41) is 0.469. The highest BCUT2D eigenvalue weighted by molar-refractivity contribution is 7.92. The second-order valence-corrected chi connectivity index (χ2v) is 7.03. The largest absolute Gasteiger partial charge is 0.389 e.